The maximum Gasteiger partial charge on any atom is 0.328 e. The number of carboxylic acid groups (broad SMARTS) is 1. The molecule has 0 amide bonds. The van der Waals surface area contributed by atoms with Gasteiger partial charge in [0.25, 0.3) is 0 Å². The van der Waals surface area contributed by atoms with Crippen LogP contribution in [-0.4, -0.2) is 16.9 Å². The zero-order valence-electron chi connectivity index (χ0n) is 11.0. The minimum absolute atomic E-state index is 0.112. The van der Waals surface area contributed by atoms with E-state index in [1.165, 1.54) is 6.08 Å². The molecule has 100 valence electrons. The first kappa shape index (κ1) is 13.7. The SMILES string of the molecule is Cc1cccc(C(=O)c2ccccc2)c1/C=C/C(=O)O. The van der Waals surface area contributed by atoms with Gasteiger partial charge in [0.15, 0.2) is 5.78 Å². The molecule has 0 aliphatic rings. The van der Waals surface area contributed by atoms with Gasteiger partial charge in [0.1, 0.15) is 0 Å². The van der Waals surface area contributed by atoms with Crippen molar-refractivity contribution in [1.29, 1.82) is 0 Å². The summed E-state index contributed by atoms with van der Waals surface area (Å²) in [5, 5.41) is 8.74. The molecule has 0 atom stereocenters. The average molecular weight is 266 g/mol. The number of hydrogen-bond acceptors (Lipinski definition) is 2. The first-order valence-electron chi connectivity index (χ1n) is 6.20. The van der Waals surface area contributed by atoms with Crippen molar-refractivity contribution < 1.29 is 14.7 Å². The Bertz CT molecular complexity index is 670. The van der Waals surface area contributed by atoms with Gasteiger partial charge in [-0.1, -0.05) is 48.5 Å². The minimum atomic E-state index is -1.04. The minimum Gasteiger partial charge on any atom is -0.478 e. The second-order valence-electron chi connectivity index (χ2n) is 4.40. The maximum atomic E-state index is 12.5. The summed E-state index contributed by atoms with van der Waals surface area (Å²) in [6.45, 7) is 1.85. The molecule has 2 aromatic rings. The van der Waals surface area contributed by atoms with Crippen LogP contribution < -0.4 is 0 Å². The quantitative estimate of drug-likeness (QED) is 0.682. The molecule has 0 bridgehead atoms. The normalized spacial score (nSPS) is 10.7. The number of benzene rings is 2. The summed E-state index contributed by atoms with van der Waals surface area (Å²) in [4.78, 5) is 23.1. The summed E-state index contributed by atoms with van der Waals surface area (Å²) in [5.41, 5.74) is 2.60. The van der Waals surface area contributed by atoms with Crippen molar-refractivity contribution in [2.45, 2.75) is 6.92 Å². The molecule has 0 unspecified atom stereocenters. The highest BCUT2D eigenvalue weighted by Gasteiger charge is 2.13. The van der Waals surface area contributed by atoms with Crippen LogP contribution in [0.2, 0.25) is 0 Å². The lowest BCUT2D eigenvalue weighted by Crippen LogP contribution is -2.04. The molecular formula is C17H14O3. The van der Waals surface area contributed by atoms with E-state index in [0.29, 0.717) is 16.7 Å². The van der Waals surface area contributed by atoms with E-state index in [-0.39, 0.29) is 5.78 Å². The Kier molecular flexibility index (Phi) is 4.11. The third-order valence-corrected chi connectivity index (χ3v) is 3.00. The molecule has 0 fully saturated rings. The molecule has 0 radical (unpaired) electrons. The van der Waals surface area contributed by atoms with Crippen molar-refractivity contribution >= 4 is 17.8 Å². The zero-order valence-corrected chi connectivity index (χ0v) is 11.0. The van der Waals surface area contributed by atoms with Gasteiger partial charge in [-0.25, -0.2) is 4.79 Å². The Labute approximate surface area is 117 Å². The van der Waals surface area contributed by atoms with Gasteiger partial charge < -0.3 is 5.11 Å². The molecule has 0 spiro atoms. The number of hydrogen-bond donors (Lipinski definition) is 1. The summed E-state index contributed by atoms with van der Waals surface area (Å²) in [7, 11) is 0. The van der Waals surface area contributed by atoms with Gasteiger partial charge in [-0.3, -0.25) is 4.79 Å². The molecule has 2 aromatic carbocycles. The summed E-state index contributed by atoms with van der Waals surface area (Å²) in [5.74, 6) is -1.15. The van der Waals surface area contributed by atoms with Gasteiger partial charge in [0, 0.05) is 17.2 Å². The number of carbonyl (C=O) groups excluding carboxylic acids is 1. The summed E-state index contributed by atoms with van der Waals surface area (Å²) < 4.78 is 0. The molecule has 20 heavy (non-hydrogen) atoms. The van der Waals surface area contributed by atoms with Crippen LogP contribution in [-0.2, 0) is 4.79 Å². The molecule has 3 nitrogen and oxygen atoms in total. The van der Waals surface area contributed by atoms with Crippen LogP contribution in [0.5, 0.6) is 0 Å². The summed E-state index contributed by atoms with van der Waals surface area (Å²) in [6, 6.07) is 14.3. The van der Waals surface area contributed by atoms with Crippen molar-refractivity contribution in [2.75, 3.05) is 0 Å². The lowest BCUT2D eigenvalue weighted by atomic mass is 9.95. The number of carboxylic acids is 1. The van der Waals surface area contributed by atoms with Crippen molar-refractivity contribution in [2.24, 2.45) is 0 Å². The lowest BCUT2D eigenvalue weighted by molar-refractivity contribution is -0.131. The van der Waals surface area contributed by atoms with Crippen LogP contribution in [0.25, 0.3) is 6.08 Å². The Balaban J connectivity index is 2.49. The Morgan fingerprint density at radius 1 is 1.00 bits per heavy atom. The van der Waals surface area contributed by atoms with Gasteiger partial charge in [0.05, 0.1) is 0 Å². The molecule has 1 N–H and O–H groups in total. The predicted molar refractivity (Wildman–Crippen MR) is 77.7 cm³/mol. The molecule has 0 aromatic heterocycles. The Morgan fingerprint density at radius 2 is 1.70 bits per heavy atom. The number of aryl methyl sites for hydroxylation is 1. The molecule has 2 rings (SSSR count). The lowest BCUT2D eigenvalue weighted by Gasteiger charge is -2.08. The zero-order chi connectivity index (χ0) is 14.5. The third-order valence-electron chi connectivity index (χ3n) is 3.00. The van der Waals surface area contributed by atoms with Crippen LogP contribution in [0.4, 0.5) is 0 Å². The molecule has 0 heterocycles. The van der Waals surface area contributed by atoms with Crippen LogP contribution >= 0.6 is 0 Å². The van der Waals surface area contributed by atoms with Crippen molar-refractivity contribution in [3.63, 3.8) is 0 Å². The Morgan fingerprint density at radius 3 is 2.35 bits per heavy atom. The summed E-state index contributed by atoms with van der Waals surface area (Å²) >= 11 is 0. The standard InChI is InChI=1S/C17H14O3/c1-12-6-5-9-15(14(12)10-11-16(18)19)17(20)13-7-3-2-4-8-13/h2-11H,1H3,(H,18,19)/b11-10+. The van der Waals surface area contributed by atoms with Crippen LogP contribution in [0.15, 0.2) is 54.6 Å². The summed E-state index contributed by atoms with van der Waals surface area (Å²) in [6.07, 6.45) is 2.51. The first-order chi connectivity index (χ1) is 9.59. The monoisotopic (exact) mass is 266 g/mol. The molecule has 0 aliphatic carbocycles. The van der Waals surface area contributed by atoms with E-state index < -0.39 is 5.97 Å². The van der Waals surface area contributed by atoms with Gasteiger partial charge in [-0.05, 0) is 24.1 Å². The van der Waals surface area contributed by atoms with Gasteiger partial charge >= 0.3 is 5.97 Å². The maximum absolute atomic E-state index is 12.5. The molecular weight excluding hydrogens is 252 g/mol. The van der Waals surface area contributed by atoms with Gasteiger partial charge in [0.2, 0.25) is 0 Å². The highest BCUT2D eigenvalue weighted by molar-refractivity contribution is 6.11. The Hall–Kier alpha value is -2.68. The van der Waals surface area contributed by atoms with Gasteiger partial charge in [-0.2, -0.15) is 0 Å². The van der Waals surface area contributed by atoms with E-state index in [1.807, 2.05) is 19.1 Å². The van der Waals surface area contributed by atoms with Crippen molar-refractivity contribution in [3.8, 4) is 0 Å². The highest BCUT2D eigenvalue weighted by Crippen LogP contribution is 2.19. The average Bonchev–Trinajstić information content (AvgIpc) is 2.45. The fourth-order valence-corrected chi connectivity index (χ4v) is 2.00. The third kappa shape index (κ3) is 3.01. The van der Waals surface area contributed by atoms with Crippen molar-refractivity contribution in [1.82, 2.24) is 0 Å². The number of ketones is 1. The van der Waals surface area contributed by atoms with E-state index in [0.717, 1.165) is 11.6 Å². The molecule has 3 heteroatoms. The van der Waals surface area contributed by atoms with E-state index in [9.17, 15) is 9.59 Å². The van der Waals surface area contributed by atoms with Crippen LogP contribution in [0.1, 0.15) is 27.0 Å². The van der Waals surface area contributed by atoms with E-state index in [2.05, 4.69) is 0 Å². The molecule has 0 saturated carbocycles. The molecule has 0 aliphatic heterocycles. The molecule has 0 saturated heterocycles. The first-order valence-corrected chi connectivity index (χ1v) is 6.20. The number of aliphatic carboxylic acids is 1. The topological polar surface area (TPSA) is 54.4 Å². The van der Waals surface area contributed by atoms with E-state index >= 15 is 0 Å². The van der Waals surface area contributed by atoms with Crippen LogP contribution in [0, 0.1) is 6.92 Å². The number of rotatable bonds is 4. The fraction of sp³-hybridized carbons (Fsp3) is 0.0588. The number of carbonyl (C=O) groups is 2. The second-order valence-corrected chi connectivity index (χ2v) is 4.40. The predicted octanol–water partition coefficient (Wildman–Crippen LogP) is 3.32. The van der Waals surface area contributed by atoms with Gasteiger partial charge in [-0.15, -0.1) is 0 Å². The van der Waals surface area contributed by atoms with E-state index in [1.54, 1.807) is 36.4 Å². The smallest absolute Gasteiger partial charge is 0.328 e. The van der Waals surface area contributed by atoms with E-state index in [4.69, 9.17) is 5.11 Å². The second kappa shape index (κ2) is 5.97. The highest BCUT2D eigenvalue weighted by atomic mass is 16.4. The largest absolute Gasteiger partial charge is 0.478 e. The van der Waals surface area contributed by atoms with Crippen LogP contribution in [0.3, 0.4) is 0 Å². The van der Waals surface area contributed by atoms with Crippen molar-refractivity contribution in [3.05, 3.63) is 76.9 Å². The fourth-order valence-electron chi connectivity index (χ4n) is 2.00.